The molecule has 1 heteroatoms. The van der Waals surface area contributed by atoms with Gasteiger partial charge in [0.1, 0.15) is 0 Å². The van der Waals surface area contributed by atoms with Crippen molar-refractivity contribution in [1.29, 1.82) is 5.26 Å². The number of fused-ring (bicyclic) bond motifs is 1. The quantitative estimate of drug-likeness (QED) is 0.660. The van der Waals surface area contributed by atoms with Crippen LogP contribution >= 0.6 is 0 Å². The fraction of sp³-hybridized carbons (Fsp3) is 0.947. The third-order valence-electron chi connectivity index (χ3n) is 6.79. The van der Waals surface area contributed by atoms with Gasteiger partial charge in [-0.1, -0.05) is 32.6 Å². The monoisotopic (exact) mass is 273 g/mol. The number of hydrogen-bond acceptors (Lipinski definition) is 1. The van der Waals surface area contributed by atoms with Gasteiger partial charge in [0, 0.05) is 5.92 Å². The molecular formula is C19H31N. The Kier molecular flexibility index (Phi) is 4.69. The second kappa shape index (κ2) is 6.50. The second-order valence-corrected chi connectivity index (χ2v) is 7.96. The fourth-order valence-corrected chi connectivity index (χ4v) is 5.66. The van der Waals surface area contributed by atoms with Crippen LogP contribution in [0.15, 0.2) is 0 Å². The van der Waals surface area contributed by atoms with Crippen molar-refractivity contribution in [3.05, 3.63) is 0 Å². The van der Waals surface area contributed by atoms with Gasteiger partial charge < -0.3 is 0 Å². The summed E-state index contributed by atoms with van der Waals surface area (Å²) in [6.45, 7) is 2.33. The van der Waals surface area contributed by atoms with Crippen LogP contribution in [0.1, 0.15) is 77.6 Å². The lowest BCUT2D eigenvalue weighted by Gasteiger charge is -2.32. The van der Waals surface area contributed by atoms with Crippen molar-refractivity contribution in [2.24, 2.45) is 35.5 Å². The Labute approximate surface area is 125 Å². The first-order chi connectivity index (χ1) is 9.80. The SMILES string of the molecule is CCCC1CCC(C2CC3CCC(C#N)CC3C2)CC1. The van der Waals surface area contributed by atoms with Crippen molar-refractivity contribution < 1.29 is 0 Å². The Morgan fingerprint density at radius 2 is 1.45 bits per heavy atom. The average molecular weight is 273 g/mol. The molecule has 3 aliphatic rings. The lowest BCUT2D eigenvalue weighted by molar-refractivity contribution is 0.195. The highest BCUT2D eigenvalue weighted by Crippen LogP contribution is 2.51. The number of rotatable bonds is 3. The lowest BCUT2D eigenvalue weighted by atomic mass is 9.74. The maximum absolute atomic E-state index is 9.16. The summed E-state index contributed by atoms with van der Waals surface area (Å²) in [5.41, 5.74) is 0. The zero-order valence-corrected chi connectivity index (χ0v) is 13.2. The first-order valence-corrected chi connectivity index (χ1v) is 9.19. The summed E-state index contributed by atoms with van der Waals surface area (Å²) in [6, 6.07) is 2.53. The fourth-order valence-electron chi connectivity index (χ4n) is 5.66. The summed E-state index contributed by atoms with van der Waals surface area (Å²) < 4.78 is 0. The number of nitrogens with zero attached hydrogens (tertiary/aromatic N) is 1. The maximum atomic E-state index is 9.16. The molecule has 3 aliphatic carbocycles. The minimum absolute atomic E-state index is 0.385. The molecule has 4 unspecified atom stereocenters. The minimum Gasteiger partial charge on any atom is -0.198 e. The average Bonchev–Trinajstić information content (AvgIpc) is 2.91. The van der Waals surface area contributed by atoms with Crippen LogP contribution in [0.2, 0.25) is 0 Å². The van der Waals surface area contributed by atoms with E-state index >= 15 is 0 Å². The minimum atomic E-state index is 0.385. The summed E-state index contributed by atoms with van der Waals surface area (Å²) in [5, 5.41) is 9.16. The molecule has 0 heterocycles. The van der Waals surface area contributed by atoms with Gasteiger partial charge in [-0.3, -0.25) is 0 Å². The van der Waals surface area contributed by atoms with Crippen LogP contribution in [0.4, 0.5) is 0 Å². The zero-order valence-electron chi connectivity index (χ0n) is 13.2. The summed E-state index contributed by atoms with van der Waals surface area (Å²) >= 11 is 0. The topological polar surface area (TPSA) is 23.8 Å². The van der Waals surface area contributed by atoms with Gasteiger partial charge in [0.05, 0.1) is 6.07 Å². The molecule has 0 amide bonds. The summed E-state index contributed by atoms with van der Waals surface area (Å²) in [4.78, 5) is 0. The third-order valence-corrected chi connectivity index (χ3v) is 6.79. The van der Waals surface area contributed by atoms with E-state index in [9.17, 15) is 0 Å². The molecule has 0 aromatic carbocycles. The van der Waals surface area contributed by atoms with E-state index in [4.69, 9.17) is 5.26 Å². The normalized spacial score (nSPS) is 44.8. The predicted molar refractivity (Wildman–Crippen MR) is 83.0 cm³/mol. The molecule has 0 aliphatic heterocycles. The van der Waals surface area contributed by atoms with Gasteiger partial charge in [-0.25, -0.2) is 0 Å². The number of hydrogen-bond donors (Lipinski definition) is 0. The van der Waals surface area contributed by atoms with Gasteiger partial charge >= 0.3 is 0 Å². The van der Waals surface area contributed by atoms with Crippen LogP contribution in [-0.2, 0) is 0 Å². The first kappa shape index (κ1) is 14.4. The lowest BCUT2D eigenvalue weighted by Crippen LogP contribution is -2.20. The first-order valence-electron chi connectivity index (χ1n) is 9.19. The van der Waals surface area contributed by atoms with Crippen molar-refractivity contribution in [1.82, 2.24) is 0 Å². The van der Waals surface area contributed by atoms with Crippen molar-refractivity contribution >= 4 is 0 Å². The van der Waals surface area contributed by atoms with E-state index in [1.54, 1.807) is 0 Å². The Hall–Kier alpha value is -0.510. The molecule has 112 valence electrons. The Balaban J connectivity index is 1.50. The van der Waals surface area contributed by atoms with Gasteiger partial charge in [-0.2, -0.15) is 5.26 Å². The molecule has 3 saturated carbocycles. The molecule has 0 bridgehead atoms. The summed E-state index contributed by atoms with van der Waals surface area (Å²) in [6.07, 6.45) is 15.6. The van der Waals surface area contributed by atoms with E-state index in [-0.39, 0.29) is 0 Å². The van der Waals surface area contributed by atoms with Crippen LogP contribution in [0, 0.1) is 46.8 Å². The molecule has 0 radical (unpaired) electrons. The van der Waals surface area contributed by atoms with E-state index in [0.29, 0.717) is 5.92 Å². The predicted octanol–water partition coefficient (Wildman–Crippen LogP) is 5.56. The standard InChI is InChI=1S/C19H31N/c1-2-3-14-4-7-16(8-5-14)19-11-17-9-6-15(13-20)10-18(17)12-19/h14-19H,2-12H2,1H3. The van der Waals surface area contributed by atoms with Crippen molar-refractivity contribution in [2.75, 3.05) is 0 Å². The highest BCUT2D eigenvalue weighted by atomic mass is 14.5. The molecule has 0 N–H and O–H groups in total. The molecule has 20 heavy (non-hydrogen) atoms. The molecular weight excluding hydrogens is 242 g/mol. The van der Waals surface area contributed by atoms with Crippen LogP contribution in [0.25, 0.3) is 0 Å². The Bertz CT molecular complexity index is 347. The van der Waals surface area contributed by atoms with Crippen LogP contribution in [-0.4, -0.2) is 0 Å². The van der Waals surface area contributed by atoms with Gasteiger partial charge in [0.2, 0.25) is 0 Å². The highest BCUT2D eigenvalue weighted by molar-refractivity contribution is 4.96. The Morgan fingerprint density at radius 3 is 2.15 bits per heavy atom. The van der Waals surface area contributed by atoms with Crippen LogP contribution in [0.3, 0.4) is 0 Å². The van der Waals surface area contributed by atoms with E-state index in [1.165, 1.54) is 70.6 Å². The molecule has 0 spiro atoms. The molecule has 0 aromatic rings. The highest BCUT2D eigenvalue weighted by Gasteiger charge is 2.41. The van der Waals surface area contributed by atoms with Gasteiger partial charge in [0.25, 0.3) is 0 Å². The molecule has 4 atom stereocenters. The van der Waals surface area contributed by atoms with Crippen LogP contribution < -0.4 is 0 Å². The molecule has 0 saturated heterocycles. The third kappa shape index (κ3) is 3.05. The van der Waals surface area contributed by atoms with Gasteiger partial charge in [0.15, 0.2) is 0 Å². The largest absolute Gasteiger partial charge is 0.198 e. The smallest absolute Gasteiger partial charge is 0.0655 e. The molecule has 3 fully saturated rings. The van der Waals surface area contributed by atoms with Crippen LogP contribution in [0.5, 0.6) is 0 Å². The maximum Gasteiger partial charge on any atom is 0.0655 e. The van der Waals surface area contributed by atoms with Gasteiger partial charge in [-0.05, 0) is 74.5 Å². The van der Waals surface area contributed by atoms with E-state index in [1.807, 2.05) is 0 Å². The van der Waals surface area contributed by atoms with E-state index < -0.39 is 0 Å². The van der Waals surface area contributed by atoms with Crippen molar-refractivity contribution in [3.8, 4) is 6.07 Å². The molecule has 0 aromatic heterocycles. The van der Waals surface area contributed by atoms with E-state index in [2.05, 4.69) is 13.0 Å². The summed E-state index contributed by atoms with van der Waals surface area (Å²) in [5.74, 6) is 5.38. The Morgan fingerprint density at radius 1 is 0.800 bits per heavy atom. The van der Waals surface area contributed by atoms with E-state index in [0.717, 1.165) is 29.6 Å². The second-order valence-electron chi connectivity index (χ2n) is 7.96. The number of nitriles is 1. The molecule has 1 nitrogen and oxygen atoms in total. The summed E-state index contributed by atoms with van der Waals surface area (Å²) in [7, 11) is 0. The van der Waals surface area contributed by atoms with Gasteiger partial charge in [-0.15, -0.1) is 0 Å². The molecule has 3 rings (SSSR count). The zero-order chi connectivity index (χ0) is 13.9. The van der Waals surface area contributed by atoms with Crippen molar-refractivity contribution in [3.63, 3.8) is 0 Å². The van der Waals surface area contributed by atoms with Crippen molar-refractivity contribution in [2.45, 2.75) is 77.6 Å².